The summed E-state index contributed by atoms with van der Waals surface area (Å²) in [7, 11) is 0. The van der Waals surface area contributed by atoms with Gasteiger partial charge in [0.05, 0.1) is 15.7 Å². The van der Waals surface area contributed by atoms with Gasteiger partial charge in [-0.05, 0) is 55.9 Å². The highest BCUT2D eigenvalue weighted by Gasteiger charge is 2.24. The fraction of sp³-hybridized carbons (Fsp3) is 0. The number of thiophene rings is 1. The highest BCUT2D eigenvalue weighted by molar-refractivity contribution is 7.27. The van der Waals surface area contributed by atoms with Crippen LogP contribution in [-0.2, 0) is 0 Å². The predicted octanol–water partition coefficient (Wildman–Crippen LogP) is 11.8. The number of aromatic nitrogens is 1. The maximum atomic E-state index is 2.58. The third kappa shape index (κ3) is 2.82. The van der Waals surface area contributed by atoms with E-state index in [-0.39, 0.29) is 0 Å². The first-order valence-corrected chi connectivity index (χ1v) is 15.3. The van der Waals surface area contributed by atoms with Crippen LogP contribution in [0.1, 0.15) is 0 Å². The maximum Gasteiger partial charge on any atom is 0.0726 e. The molecule has 0 aliphatic heterocycles. The van der Waals surface area contributed by atoms with Crippen LogP contribution in [0.4, 0.5) is 0 Å². The van der Waals surface area contributed by atoms with Crippen molar-refractivity contribution >= 4 is 96.4 Å². The van der Waals surface area contributed by atoms with Gasteiger partial charge >= 0.3 is 0 Å². The largest absolute Gasteiger partial charge is 0.307 e. The van der Waals surface area contributed by atoms with E-state index in [0.717, 1.165) is 0 Å². The second kappa shape index (κ2) is 8.19. The Morgan fingerprint density at radius 3 is 1.67 bits per heavy atom. The monoisotopic (exact) mass is 549 g/mol. The molecule has 2 aromatic heterocycles. The second-order valence-corrected chi connectivity index (χ2v) is 12.3. The van der Waals surface area contributed by atoms with Crippen molar-refractivity contribution in [2.75, 3.05) is 0 Å². The maximum absolute atomic E-state index is 2.58. The van der Waals surface area contributed by atoms with Gasteiger partial charge in [0.15, 0.2) is 0 Å². The normalized spacial score (nSPS) is 12.3. The van der Waals surface area contributed by atoms with E-state index >= 15 is 0 Å². The molecule has 2 heterocycles. The van der Waals surface area contributed by atoms with Crippen LogP contribution >= 0.6 is 11.3 Å². The predicted molar refractivity (Wildman–Crippen MR) is 184 cm³/mol. The van der Waals surface area contributed by atoms with Crippen LogP contribution in [0.15, 0.2) is 140 Å². The average Bonchev–Trinajstić information content (AvgIpc) is 3.62. The third-order valence-corrected chi connectivity index (χ3v) is 10.3. The molecule has 0 N–H and O–H groups in total. The minimum absolute atomic E-state index is 1.20. The minimum Gasteiger partial charge on any atom is -0.307 e. The van der Waals surface area contributed by atoms with Crippen molar-refractivity contribution in [1.82, 2.24) is 4.57 Å². The van der Waals surface area contributed by atoms with Crippen molar-refractivity contribution in [2.45, 2.75) is 0 Å². The standard InChI is InChI=1S/C40H23NS/c1-2-12-25-23-26(22-21-24(25)11-1)41-38-32-18-8-4-14-28(32)27-13-3-5-15-29(27)36(38)37-31-17-7-6-16-30(31)35-33-19-9-10-20-34(33)42-40(35)39(37)41/h1-23H. The van der Waals surface area contributed by atoms with E-state index in [1.165, 1.54) is 90.8 Å². The molecule has 0 saturated heterocycles. The van der Waals surface area contributed by atoms with Crippen molar-refractivity contribution in [3.05, 3.63) is 140 Å². The molecule has 10 aromatic rings. The Morgan fingerprint density at radius 2 is 0.905 bits per heavy atom. The SMILES string of the molecule is c1ccc2cc(-n3c4c5ccccc5c5ccccc5c4c4c5ccccc5c5c6ccccc6sc5c43)ccc2c1. The summed E-state index contributed by atoms with van der Waals surface area (Å²) in [5, 5.41) is 15.7. The second-order valence-electron chi connectivity index (χ2n) is 11.3. The highest BCUT2D eigenvalue weighted by Crippen LogP contribution is 2.50. The van der Waals surface area contributed by atoms with E-state index in [2.05, 4.69) is 144 Å². The molecule has 0 bridgehead atoms. The topological polar surface area (TPSA) is 4.93 Å². The van der Waals surface area contributed by atoms with Crippen molar-refractivity contribution in [1.29, 1.82) is 0 Å². The molecule has 0 fully saturated rings. The zero-order chi connectivity index (χ0) is 27.4. The summed E-state index contributed by atoms with van der Waals surface area (Å²) in [4.78, 5) is 0. The molecule has 2 heteroatoms. The Labute approximate surface area is 245 Å². The number of benzene rings is 8. The summed E-state index contributed by atoms with van der Waals surface area (Å²) in [6.07, 6.45) is 0. The molecule has 0 radical (unpaired) electrons. The van der Waals surface area contributed by atoms with Gasteiger partial charge in [-0.3, -0.25) is 0 Å². The fourth-order valence-corrected chi connectivity index (χ4v) is 8.66. The van der Waals surface area contributed by atoms with Crippen LogP contribution in [0.25, 0.3) is 90.8 Å². The van der Waals surface area contributed by atoms with E-state index in [0.29, 0.717) is 0 Å². The number of nitrogens with zero attached hydrogens (tertiary/aromatic N) is 1. The minimum atomic E-state index is 1.20. The average molecular weight is 550 g/mol. The zero-order valence-corrected chi connectivity index (χ0v) is 23.5. The van der Waals surface area contributed by atoms with Gasteiger partial charge in [0.1, 0.15) is 0 Å². The Morgan fingerprint density at radius 1 is 0.381 bits per heavy atom. The van der Waals surface area contributed by atoms with Gasteiger partial charge in [-0.1, -0.05) is 121 Å². The summed E-state index contributed by atoms with van der Waals surface area (Å²) in [5.74, 6) is 0. The Balaban J connectivity index is 1.60. The number of fused-ring (bicyclic) bond motifs is 16. The molecule has 194 valence electrons. The third-order valence-electron chi connectivity index (χ3n) is 9.11. The van der Waals surface area contributed by atoms with Gasteiger partial charge in [-0.2, -0.15) is 0 Å². The van der Waals surface area contributed by atoms with E-state index in [1.807, 2.05) is 11.3 Å². The highest BCUT2D eigenvalue weighted by atomic mass is 32.1. The lowest BCUT2D eigenvalue weighted by Crippen LogP contribution is -1.95. The molecule has 0 aliphatic rings. The Bertz CT molecular complexity index is 2740. The molecule has 0 amide bonds. The van der Waals surface area contributed by atoms with Gasteiger partial charge in [0.25, 0.3) is 0 Å². The molecule has 0 saturated carbocycles. The molecular formula is C40H23NS. The lowest BCUT2D eigenvalue weighted by Gasteiger charge is -2.13. The van der Waals surface area contributed by atoms with Crippen molar-refractivity contribution in [3.8, 4) is 5.69 Å². The number of rotatable bonds is 1. The Kier molecular flexibility index (Phi) is 4.39. The zero-order valence-electron chi connectivity index (χ0n) is 22.6. The lowest BCUT2D eigenvalue weighted by molar-refractivity contribution is 1.20. The molecule has 10 rings (SSSR count). The first-order valence-electron chi connectivity index (χ1n) is 14.5. The number of hydrogen-bond donors (Lipinski definition) is 0. The first kappa shape index (κ1) is 22.5. The van der Waals surface area contributed by atoms with Crippen LogP contribution in [0.5, 0.6) is 0 Å². The van der Waals surface area contributed by atoms with E-state index < -0.39 is 0 Å². The van der Waals surface area contributed by atoms with E-state index in [9.17, 15) is 0 Å². The molecular weight excluding hydrogens is 527 g/mol. The van der Waals surface area contributed by atoms with Crippen molar-refractivity contribution < 1.29 is 0 Å². The smallest absolute Gasteiger partial charge is 0.0726 e. The molecule has 42 heavy (non-hydrogen) atoms. The van der Waals surface area contributed by atoms with Gasteiger partial charge in [-0.15, -0.1) is 11.3 Å². The van der Waals surface area contributed by atoms with Gasteiger partial charge in [0, 0.05) is 37.3 Å². The molecule has 0 atom stereocenters. The summed E-state index contributed by atoms with van der Waals surface area (Å²) in [6.45, 7) is 0. The summed E-state index contributed by atoms with van der Waals surface area (Å²) in [5.41, 5.74) is 3.78. The fourth-order valence-electron chi connectivity index (χ4n) is 7.40. The van der Waals surface area contributed by atoms with Gasteiger partial charge < -0.3 is 4.57 Å². The first-order chi connectivity index (χ1) is 20.9. The van der Waals surface area contributed by atoms with E-state index in [4.69, 9.17) is 0 Å². The number of hydrogen-bond acceptors (Lipinski definition) is 1. The van der Waals surface area contributed by atoms with Crippen LogP contribution in [0, 0.1) is 0 Å². The Hall–Kier alpha value is -5.18. The molecule has 0 unspecified atom stereocenters. The molecule has 1 nitrogen and oxygen atoms in total. The van der Waals surface area contributed by atoms with Crippen LogP contribution < -0.4 is 0 Å². The molecule has 0 spiro atoms. The van der Waals surface area contributed by atoms with E-state index in [1.54, 1.807) is 0 Å². The summed E-state index contributed by atoms with van der Waals surface area (Å²) >= 11 is 1.92. The molecule has 8 aromatic carbocycles. The van der Waals surface area contributed by atoms with Gasteiger partial charge in [-0.25, -0.2) is 0 Å². The van der Waals surface area contributed by atoms with Crippen LogP contribution in [-0.4, -0.2) is 4.57 Å². The van der Waals surface area contributed by atoms with Crippen molar-refractivity contribution in [2.24, 2.45) is 0 Å². The lowest BCUT2D eigenvalue weighted by atomic mass is 9.94. The van der Waals surface area contributed by atoms with Gasteiger partial charge in [0.2, 0.25) is 0 Å². The summed E-state index contributed by atoms with van der Waals surface area (Å²) < 4.78 is 5.26. The van der Waals surface area contributed by atoms with Crippen molar-refractivity contribution in [3.63, 3.8) is 0 Å². The molecule has 0 aliphatic carbocycles. The van der Waals surface area contributed by atoms with Crippen LogP contribution in [0.3, 0.4) is 0 Å². The summed E-state index contributed by atoms with van der Waals surface area (Å²) in [6, 6.07) is 51.5. The van der Waals surface area contributed by atoms with Crippen LogP contribution in [0.2, 0.25) is 0 Å². The quantitative estimate of drug-likeness (QED) is 0.179.